The van der Waals surface area contributed by atoms with Gasteiger partial charge < -0.3 is 29.0 Å². The van der Waals surface area contributed by atoms with Gasteiger partial charge in [0.15, 0.2) is 0 Å². The monoisotopic (exact) mass is 593 g/mol. The van der Waals surface area contributed by atoms with Crippen LogP contribution in [-0.2, 0) is 14.3 Å². The largest absolute Gasteiger partial charge is 0.494 e. The zero-order valence-electron chi connectivity index (χ0n) is 22.7. The number of guanidine groups is 1. The number of anilines is 1. The highest BCUT2D eigenvalue weighted by Crippen LogP contribution is 2.36. The lowest BCUT2D eigenvalue weighted by Crippen LogP contribution is -2.59. The van der Waals surface area contributed by atoms with E-state index in [1.54, 1.807) is 4.90 Å². The van der Waals surface area contributed by atoms with Crippen molar-refractivity contribution in [2.24, 2.45) is 5.84 Å². The number of nitrogens with one attached hydrogen (secondary N) is 3. The van der Waals surface area contributed by atoms with Crippen LogP contribution in [0.2, 0.25) is 0 Å². The summed E-state index contributed by atoms with van der Waals surface area (Å²) < 4.78 is 16.6. The van der Waals surface area contributed by atoms with E-state index >= 15 is 0 Å². The minimum absolute atomic E-state index is 0. The molecule has 2 aliphatic rings. The molecule has 5 N–H and O–H groups in total. The molecule has 1 aromatic carbocycles. The van der Waals surface area contributed by atoms with E-state index in [4.69, 9.17) is 25.5 Å². The Kier molecular flexibility index (Phi) is 7.82. The SMILES string of the molecule is COc1cnc(-c2csc(C3OCCO3)n2)c2[nH]cc(C(=O)C(=O)N3CCN(C(=N)N(NN)c4ccccc4)CC3)c12.[HH]. The number of hydrogen-bond donors (Lipinski definition) is 4. The van der Waals surface area contributed by atoms with Crippen molar-refractivity contribution in [2.75, 3.05) is 51.5 Å². The first-order valence-electron chi connectivity index (χ1n) is 13.2. The number of fused-ring (bicyclic) bond motifs is 1. The van der Waals surface area contributed by atoms with E-state index in [1.165, 1.54) is 40.7 Å². The number of ketones is 1. The number of methoxy groups -OCH3 is 1. The molecule has 2 saturated heterocycles. The third-order valence-electron chi connectivity index (χ3n) is 7.14. The molecule has 0 saturated carbocycles. The van der Waals surface area contributed by atoms with E-state index in [9.17, 15) is 9.59 Å². The van der Waals surface area contributed by atoms with Gasteiger partial charge in [0.1, 0.15) is 22.1 Å². The number of nitrogens with zero attached hydrogens (tertiary/aromatic N) is 5. The summed E-state index contributed by atoms with van der Waals surface area (Å²) in [5, 5.41) is 13.0. The molecule has 6 rings (SSSR count). The summed E-state index contributed by atoms with van der Waals surface area (Å²) in [5.41, 5.74) is 5.07. The van der Waals surface area contributed by atoms with Crippen LogP contribution in [0.15, 0.2) is 48.1 Å². The van der Waals surface area contributed by atoms with Crippen LogP contribution < -0.4 is 21.1 Å². The number of H-pyrrole nitrogens is 1. The number of hydrogen-bond acceptors (Lipinski definition) is 11. The second-order valence-corrected chi connectivity index (χ2v) is 10.4. The minimum atomic E-state index is -0.665. The van der Waals surface area contributed by atoms with Crippen LogP contribution in [0.3, 0.4) is 0 Å². The van der Waals surface area contributed by atoms with Gasteiger partial charge in [0.05, 0.1) is 48.7 Å². The fraction of sp³-hybridized carbons (Fsp3) is 0.296. The van der Waals surface area contributed by atoms with Gasteiger partial charge in [-0.25, -0.2) is 15.0 Å². The predicted octanol–water partition coefficient (Wildman–Crippen LogP) is 2.13. The van der Waals surface area contributed by atoms with E-state index in [0.717, 1.165) is 0 Å². The summed E-state index contributed by atoms with van der Waals surface area (Å²) in [6.07, 6.45) is 2.52. The van der Waals surface area contributed by atoms with Crippen molar-refractivity contribution in [1.82, 2.24) is 30.3 Å². The van der Waals surface area contributed by atoms with Gasteiger partial charge >= 0.3 is 0 Å². The molecule has 15 heteroatoms. The number of aromatic amines is 1. The zero-order chi connectivity index (χ0) is 29.2. The minimum Gasteiger partial charge on any atom is -0.494 e. The number of hydrazine groups is 2. The van der Waals surface area contributed by atoms with Crippen LogP contribution in [0.25, 0.3) is 22.3 Å². The molecule has 2 fully saturated rings. The quantitative estimate of drug-likeness (QED) is 0.0617. The van der Waals surface area contributed by atoms with Crippen molar-refractivity contribution >= 4 is 45.6 Å². The Morgan fingerprint density at radius 3 is 2.60 bits per heavy atom. The normalized spacial score (nSPS) is 15.8. The van der Waals surface area contributed by atoms with Crippen LogP contribution in [0.1, 0.15) is 23.1 Å². The number of rotatable bonds is 7. The highest BCUT2D eigenvalue weighted by Gasteiger charge is 2.32. The van der Waals surface area contributed by atoms with Crippen LogP contribution in [0.5, 0.6) is 5.75 Å². The van der Waals surface area contributed by atoms with Crippen LogP contribution in [-0.4, -0.2) is 88.9 Å². The van der Waals surface area contributed by atoms with Gasteiger partial charge in [0, 0.05) is 39.2 Å². The number of carbonyl (C=O) groups excluding carboxylic acids is 2. The average molecular weight is 594 g/mol. The van der Waals surface area contributed by atoms with Crippen molar-refractivity contribution in [3.63, 3.8) is 0 Å². The molecule has 3 aromatic heterocycles. The van der Waals surface area contributed by atoms with Crippen LogP contribution in [0, 0.1) is 5.41 Å². The molecular formula is C27H31N9O5S. The van der Waals surface area contributed by atoms with Crippen molar-refractivity contribution in [3.05, 3.63) is 58.7 Å². The standard InChI is InChI=1S/C27H29N9O5S.H2/c1-39-19-14-31-21(18-15-42-24(32-18)26-40-11-12-41-26)22-20(19)17(13-30-22)23(37)25(38)34-7-9-35(10-8-34)27(28)36(33-29)16-5-3-2-4-6-16;/h2-6,13-15,26,28,30,33H,7-12,29H2,1H3;1H. The first-order chi connectivity index (χ1) is 20.5. The summed E-state index contributed by atoms with van der Waals surface area (Å²) in [7, 11) is 1.48. The van der Waals surface area contributed by atoms with Gasteiger partial charge in [-0.15, -0.1) is 11.3 Å². The summed E-state index contributed by atoms with van der Waals surface area (Å²) in [5.74, 6) is 4.89. The molecule has 0 bridgehead atoms. The Morgan fingerprint density at radius 1 is 1.19 bits per heavy atom. The van der Waals surface area contributed by atoms with Crippen molar-refractivity contribution in [2.45, 2.75) is 6.29 Å². The molecule has 0 atom stereocenters. The van der Waals surface area contributed by atoms with Crippen LogP contribution >= 0.6 is 11.3 Å². The zero-order valence-corrected chi connectivity index (χ0v) is 23.5. The third-order valence-corrected chi connectivity index (χ3v) is 8.01. The fourth-order valence-electron chi connectivity index (χ4n) is 5.01. The summed E-state index contributed by atoms with van der Waals surface area (Å²) >= 11 is 1.39. The second-order valence-electron chi connectivity index (χ2n) is 9.50. The van der Waals surface area contributed by atoms with Crippen molar-refractivity contribution in [1.29, 1.82) is 5.41 Å². The molecule has 2 aliphatic heterocycles. The second kappa shape index (κ2) is 11.8. The van der Waals surface area contributed by atoms with Gasteiger partial charge in [-0.2, -0.15) is 5.53 Å². The smallest absolute Gasteiger partial charge is 0.295 e. The van der Waals surface area contributed by atoms with Gasteiger partial charge in [-0.1, -0.05) is 18.2 Å². The van der Waals surface area contributed by atoms with Crippen molar-refractivity contribution < 1.29 is 25.2 Å². The molecule has 0 aliphatic carbocycles. The molecule has 1 amide bonds. The molecule has 220 valence electrons. The molecule has 14 nitrogen and oxygen atoms in total. The predicted molar refractivity (Wildman–Crippen MR) is 157 cm³/mol. The number of pyridine rings is 1. The maximum absolute atomic E-state index is 13.5. The number of nitrogens with two attached hydrogens (primary N) is 1. The first kappa shape index (κ1) is 27.7. The van der Waals surface area contributed by atoms with Gasteiger partial charge in [-0.05, 0) is 12.1 Å². The van der Waals surface area contributed by atoms with E-state index in [0.29, 0.717) is 65.0 Å². The number of carbonyl (C=O) groups is 2. The van der Waals surface area contributed by atoms with Gasteiger partial charge in [0.2, 0.25) is 12.2 Å². The molecular weight excluding hydrogens is 562 g/mol. The summed E-state index contributed by atoms with van der Waals surface area (Å²) in [6, 6.07) is 9.23. The summed E-state index contributed by atoms with van der Waals surface area (Å²) in [4.78, 5) is 42.5. The lowest BCUT2D eigenvalue weighted by molar-refractivity contribution is -0.127. The van der Waals surface area contributed by atoms with Crippen LogP contribution in [0.4, 0.5) is 5.69 Å². The maximum Gasteiger partial charge on any atom is 0.295 e. The number of Topliss-reactive ketones (excluding diaryl/α,β-unsaturated/α-hetero) is 1. The number of aromatic nitrogens is 3. The molecule has 0 spiro atoms. The Balaban J connectivity index is 0.00000368. The van der Waals surface area contributed by atoms with Crippen molar-refractivity contribution in [3.8, 4) is 17.1 Å². The fourth-order valence-corrected chi connectivity index (χ4v) is 5.80. The highest BCUT2D eigenvalue weighted by atomic mass is 32.1. The highest BCUT2D eigenvalue weighted by molar-refractivity contribution is 7.10. The molecule has 4 aromatic rings. The van der Waals surface area contributed by atoms with E-state index in [-0.39, 0.29) is 26.0 Å². The Bertz CT molecular complexity index is 1620. The third kappa shape index (κ3) is 5.08. The number of amides is 1. The Hall–Kier alpha value is -4.41. The number of ether oxygens (including phenoxy) is 3. The summed E-state index contributed by atoms with van der Waals surface area (Å²) in [6.45, 7) is 2.26. The molecule has 42 heavy (non-hydrogen) atoms. The lowest BCUT2D eigenvalue weighted by Gasteiger charge is -2.38. The maximum atomic E-state index is 13.5. The van der Waals surface area contributed by atoms with Gasteiger partial charge in [0.25, 0.3) is 11.7 Å². The number of benzene rings is 1. The number of piperazine rings is 1. The van der Waals surface area contributed by atoms with E-state index in [2.05, 4.69) is 20.5 Å². The lowest BCUT2D eigenvalue weighted by atomic mass is 10.1. The number of thiazole rings is 1. The van der Waals surface area contributed by atoms with Gasteiger partial charge in [-0.3, -0.25) is 20.8 Å². The molecule has 5 heterocycles. The molecule has 0 radical (unpaired) electrons. The average Bonchev–Trinajstić information content (AvgIpc) is 3.82. The van der Waals surface area contributed by atoms with E-state index in [1.807, 2.05) is 35.7 Å². The van der Waals surface area contributed by atoms with E-state index < -0.39 is 18.0 Å². The topological polar surface area (TPSA) is 175 Å². The molecule has 0 unspecified atom stereocenters. The number of para-hydroxylation sites is 1. The Labute approximate surface area is 245 Å². The first-order valence-corrected chi connectivity index (χ1v) is 14.1. The Morgan fingerprint density at radius 2 is 1.90 bits per heavy atom.